The predicted molar refractivity (Wildman–Crippen MR) is 64.6 cm³/mol. The Bertz CT molecular complexity index is 143. The second kappa shape index (κ2) is 23.1. The van der Waals surface area contributed by atoms with Gasteiger partial charge in [-0.15, -0.1) is 0 Å². The van der Waals surface area contributed by atoms with Gasteiger partial charge in [0.25, 0.3) is 0 Å². The van der Waals surface area contributed by atoms with E-state index in [0.717, 1.165) is 0 Å². The molecule has 10 N–H and O–H groups in total. The zero-order valence-corrected chi connectivity index (χ0v) is 9.28. The van der Waals surface area contributed by atoms with E-state index in [1.165, 1.54) is 0 Å². The molecule has 0 aliphatic carbocycles. The third kappa shape index (κ3) is 43.6. The van der Waals surface area contributed by atoms with Crippen LogP contribution in [0.4, 0.5) is 0 Å². The second-order valence-electron chi connectivity index (χ2n) is 2.41. The van der Waals surface area contributed by atoms with Crippen molar-refractivity contribution in [2.45, 2.75) is 6.42 Å². The van der Waals surface area contributed by atoms with Crippen LogP contribution in [0.25, 0.3) is 0 Å². The minimum Gasteiger partial charge on any atom is -0.330 e. The molecule has 0 aromatic heterocycles. The minimum absolute atomic E-state index is 0.520. The van der Waals surface area contributed by atoms with Crippen LogP contribution in [-0.4, -0.2) is 32.7 Å². The summed E-state index contributed by atoms with van der Waals surface area (Å²) in [6.07, 6.45) is 0.622. The van der Waals surface area contributed by atoms with Crippen molar-refractivity contribution in [2.75, 3.05) is 32.7 Å². The minimum atomic E-state index is 0.520. The van der Waals surface area contributed by atoms with Crippen LogP contribution in [0, 0.1) is 11.3 Å². The van der Waals surface area contributed by atoms with Gasteiger partial charge >= 0.3 is 0 Å². The molecular formula is C9H24N6. The SMILES string of the molecule is C=C(C#N)CCN.NCCN.NCCN. The Morgan fingerprint density at radius 1 is 0.867 bits per heavy atom. The van der Waals surface area contributed by atoms with Crippen molar-refractivity contribution in [3.05, 3.63) is 12.2 Å². The lowest BCUT2D eigenvalue weighted by atomic mass is 10.2. The van der Waals surface area contributed by atoms with E-state index < -0.39 is 0 Å². The van der Waals surface area contributed by atoms with Gasteiger partial charge in [0.05, 0.1) is 6.07 Å². The molecule has 0 spiro atoms. The van der Waals surface area contributed by atoms with Gasteiger partial charge in [0.2, 0.25) is 0 Å². The largest absolute Gasteiger partial charge is 0.330 e. The summed E-state index contributed by atoms with van der Waals surface area (Å²) in [4.78, 5) is 0. The molecule has 0 saturated carbocycles. The van der Waals surface area contributed by atoms with Crippen LogP contribution in [0.3, 0.4) is 0 Å². The van der Waals surface area contributed by atoms with E-state index >= 15 is 0 Å². The number of nitriles is 1. The molecule has 0 atom stereocenters. The Hall–Kier alpha value is -0.970. The van der Waals surface area contributed by atoms with Gasteiger partial charge in [-0.3, -0.25) is 0 Å². The highest BCUT2D eigenvalue weighted by molar-refractivity contribution is 5.15. The van der Waals surface area contributed by atoms with Gasteiger partial charge in [-0.05, 0) is 13.0 Å². The molecule has 6 heteroatoms. The van der Waals surface area contributed by atoms with Gasteiger partial charge in [-0.1, -0.05) is 6.58 Å². The standard InChI is InChI=1S/C5H8N2.2C2H8N2/c1-5(4-7)2-3-6;2*3-1-2-4/h1-3,6H2;2*1-4H2. The maximum Gasteiger partial charge on any atom is 0.0941 e. The van der Waals surface area contributed by atoms with Crippen LogP contribution < -0.4 is 28.7 Å². The average Bonchev–Trinajstić information content (AvgIpc) is 2.30. The zero-order valence-electron chi connectivity index (χ0n) is 9.28. The van der Waals surface area contributed by atoms with Crippen LogP contribution in [0.1, 0.15) is 6.42 Å². The molecule has 6 nitrogen and oxygen atoms in total. The molecule has 0 aliphatic heterocycles. The molecule has 0 unspecified atom stereocenters. The first-order chi connectivity index (χ1) is 7.14. The van der Waals surface area contributed by atoms with Crippen LogP contribution in [0.2, 0.25) is 0 Å². The van der Waals surface area contributed by atoms with Crippen molar-refractivity contribution in [3.63, 3.8) is 0 Å². The van der Waals surface area contributed by atoms with Crippen molar-refractivity contribution in [2.24, 2.45) is 28.7 Å². The van der Waals surface area contributed by atoms with E-state index in [1.807, 2.05) is 6.07 Å². The zero-order chi connectivity index (χ0) is 12.5. The van der Waals surface area contributed by atoms with E-state index in [-0.39, 0.29) is 0 Å². The highest BCUT2D eigenvalue weighted by Gasteiger charge is 1.83. The molecule has 0 aromatic rings. The lowest BCUT2D eigenvalue weighted by Crippen LogP contribution is -2.11. The number of nitrogens with two attached hydrogens (primary N) is 5. The summed E-state index contributed by atoms with van der Waals surface area (Å²) in [7, 11) is 0. The first-order valence-corrected chi connectivity index (χ1v) is 4.72. The number of rotatable bonds is 4. The third-order valence-electron chi connectivity index (χ3n) is 0.938. The summed E-state index contributed by atoms with van der Waals surface area (Å²) in [6.45, 7) is 6.33. The van der Waals surface area contributed by atoms with Gasteiger partial charge in [0.15, 0.2) is 0 Å². The van der Waals surface area contributed by atoms with Crippen molar-refractivity contribution >= 4 is 0 Å². The summed E-state index contributed by atoms with van der Waals surface area (Å²) in [5.74, 6) is 0. The quantitative estimate of drug-likeness (QED) is 0.350. The topological polar surface area (TPSA) is 154 Å². The summed E-state index contributed by atoms with van der Waals surface area (Å²) >= 11 is 0. The molecular weight excluding hydrogens is 192 g/mol. The highest BCUT2D eigenvalue weighted by Crippen LogP contribution is 1.89. The summed E-state index contributed by atoms with van der Waals surface area (Å²) in [5.41, 5.74) is 25.3. The van der Waals surface area contributed by atoms with Gasteiger partial charge in [0, 0.05) is 31.8 Å². The van der Waals surface area contributed by atoms with Crippen LogP contribution >= 0.6 is 0 Å². The maximum absolute atomic E-state index is 8.06. The molecule has 90 valence electrons. The highest BCUT2D eigenvalue weighted by atomic mass is 14.6. The van der Waals surface area contributed by atoms with Crippen molar-refractivity contribution in [1.82, 2.24) is 0 Å². The Balaban J connectivity index is -0.000000155. The lowest BCUT2D eigenvalue weighted by Gasteiger charge is -1.84. The van der Waals surface area contributed by atoms with Crippen molar-refractivity contribution in [3.8, 4) is 6.07 Å². The Labute approximate surface area is 92.1 Å². The van der Waals surface area contributed by atoms with E-state index in [0.29, 0.717) is 44.7 Å². The van der Waals surface area contributed by atoms with E-state index in [1.54, 1.807) is 0 Å². The fraction of sp³-hybridized carbons (Fsp3) is 0.667. The van der Waals surface area contributed by atoms with Gasteiger partial charge in [0.1, 0.15) is 0 Å². The smallest absolute Gasteiger partial charge is 0.0941 e. The molecule has 0 radical (unpaired) electrons. The Morgan fingerprint density at radius 3 is 1.27 bits per heavy atom. The van der Waals surface area contributed by atoms with E-state index in [9.17, 15) is 0 Å². The molecule has 0 aliphatic rings. The van der Waals surface area contributed by atoms with Gasteiger partial charge in [-0.25, -0.2) is 0 Å². The lowest BCUT2D eigenvalue weighted by molar-refractivity contribution is 0.976. The van der Waals surface area contributed by atoms with Gasteiger partial charge < -0.3 is 28.7 Å². The number of hydrogen-bond donors (Lipinski definition) is 5. The van der Waals surface area contributed by atoms with Gasteiger partial charge in [-0.2, -0.15) is 5.26 Å². The van der Waals surface area contributed by atoms with E-state index in [4.69, 9.17) is 33.9 Å². The van der Waals surface area contributed by atoms with E-state index in [2.05, 4.69) is 6.58 Å². The second-order valence-corrected chi connectivity index (χ2v) is 2.41. The average molecular weight is 216 g/mol. The normalized spacial score (nSPS) is 7.47. The fourth-order valence-corrected chi connectivity index (χ4v) is 0.230. The molecule has 15 heavy (non-hydrogen) atoms. The molecule has 0 bridgehead atoms. The van der Waals surface area contributed by atoms with Crippen molar-refractivity contribution in [1.29, 1.82) is 5.26 Å². The third-order valence-corrected chi connectivity index (χ3v) is 0.938. The molecule has 0 fully saturated rings. The van der Waals surface area contributed by atoms with Crippen molar-refractivity contribution < 1.29 is 0 Å². The summed E-state index contributed by atoms with van der Waals surface area (Å²) in [6, 6.07) is 1.89. The first kappa shape index (κ1) is 19.6. The molecule has 0 rings (SSSR count). The monoisotopic (exact) mass is 216 g/mol. The van der Waals surface area contributed by atoms with Crippen LogP contribution in [0.15, 0.2) is 12.2 Å². The molecule has 0 heterocycles. The fourth-order valence-electron chi connectivity index (χ4n) is 0.230. The Kier molecular flexibility index (Phi) is 30.2. The first-order valence-electron chi connectivity index (χ1n) is 4.72. The molecule has 0 amide bonds. The number of nitrogens with zero attached hydrogens (tertiary/aromatic N) is 1. The molecule has 0 aromatic carbocycles. The summed E-state index contributed by atoms with van der Waals surface area (Å²) in [5, 5.41) is 8.06. The van der Waals surface area contributed by atoms with Crippen LogP contribution in [0.5, 0.6) is 0 Å². The molecule has 0 saturated heterocycles. The Morgan fingerprint density at radius 2 is 1.20 bits per heavy atom. The predicted octanol–water partition coefficient (Wildman–Crippen LogP) is -1.78. The maximum atomic E-state index is 8.06. The summed E-state index contributed by atoms with van der Waals surface area (Å²) < 4.78 is 0. The van der Waals surface area contributed by atoms with Crippen LogP contribution in [-0.2, 0) is 0 Å². The number of hydrogen-bond acceptors (Lipinski definition) is 6.